The molecule has 4 heteroatoms. The smallest absolute Gasteiger partial charge is 0.410 e. The molecular weight excluding hydrogens is 324 g/mol. The largest absolute Gasteiger partial charge is 0.444 e. The standard InChI is InChI=1S/C22H28N2O2/c1-22(2,3)26-21(25)24-13-12-23-20(16-24)15-17-8-7-11-19(14-17)18-9-5-4-6-10-18/h4-11,14,20,23H,12-13,15-16H2,1-3H3. The molecule has 0 radical (unpaired) electrons. The minimum atomic E-state index is -0.457. The molecule has 0 aliphatic carbocycles. The van der Waals surface area contributed by atoms with E-state index in [1.165, 1.54) is 16.7 Å². The van der Waals surface area contributed by atoms with E-state index in [1.807, 2.05) is 31.7 Å². The van der Waals surface area contributed by atoms with Crippen LogP contribution in [0, 0.1) is 0 Å². The third kappa shape index (κ3) is 5.09. The van der Waals surface area contributed by atoms with Crippen molar-refractivity contribution in [1.29, 1.82) is 0 Å². The van der Waals surface area contributed by atoms with Crippen LogP contribution in [0.25, 0.3) is 11.1 Å². The average molecular weight is 352 g/mol. The van der Waals surface area contributed by atoms with Crippen LogP contribution in [-0.2, 0) is 11.2 Å². The summed E-state index contributed by atoms with van der Waals surface area (Å²) in [6, 6.07) is 19.3. The summed E-state index contributed by atoms with van der Waals surface area (Å²) in [4.78, 5) is 14.1. The summed E-state index contributed by atoms with van der Waals surface area (Å²) < 4.78 is 5.51. The Morgan fingerprint density at radius 2 is 1.85 bits per heavy atom. The number of benzene rings is 2. The van der Waals surface area contributed by atoms with E-state index in [0.717, 1.165) is 13.0 Å². The molecule has 3 rings (SSSR count). The van der Waals surface area contributed by atoms with Crippen LogP contribution in [0.5, 0.6) is 0 Å². The minimum Gasteiger partial charge on any atom is -0.444 e. The minimum absolute atomic E-state index is 0.220. The third-order valence-corrected chi connectivity index (χ3v) is 4.42. The van der Waals surface area contributed by atoms with Crippen molar-refractivity contribution >= 4 is 6.09 Å². The van der Waals surface area contributed by atoms with Crippen LogP contribution in [0.1, 0.15) is 26.3 Å². The van der Waals surface area contributed by atoms with Crippen molar-refractivity contribution in [3.05, 3.63) is 60.2 Å². The second-order valence-corrected chi connectivity index (χ2v) is 7.85. The maximum absolute atomic E-state index is 12.3. The van der Waals surface area contributed by atoms with Gasteiger partial charge < -0.3 is 15.0 Å². The molecule has 1 unspecified atom stereocenters. The van der Waals surface area contributed by atoms with Gasteiger partial charge in [0.15, 0.2) is 0 Å². The number of carbonyl (C=O) groups is 1. The van der Waals surface area contributed by atoms with Crippen molar-refractivity contribution in [3.63, 3.8) is 0 Å². The van der Waals surface area contributed by atoms with Crippen LogP contribution in [0.2, 0.25) is 0 Å². The SMILES string of the molecule is CC(C)(C)OC(=O)N1CCNC(Cc2cccc(-c3ccccc3)c2)C1. The van der Waals surface area contributed by atoms with E-state index in [4.69, 9.17) is 4.74 Å². The molecule has 1 saturated heterocycles. The van der Waals surface area contributed by atoms with Crippen LogP contribution in [0.3, 0.4) is 0 Å². The zero-order valence-electron chi connectivity index (χ0n) is 15.9. The fourth-order valence-electron chi connectivity index (χ4n) is 3.25. The van der Waals surface area contributed by atoms with E-state index in [2.05, 4.69) is 53.8 Å². The quantitative estimate of drug-likeness (QED) is 0.904. The highest BCUT2D eigenvalue weighted by Crippen LogP contribution is 2.21. The van der Waals surface area contributed by atoms with Crippen molar-refractivity contribution in [2.24, 2.45) is 0 Å². The molecule has 1 aliphatic heterocycles. The van der Waals surface area contributed by atoms with Gasteiger partial charge in [-0.05, 0) is 43.9 Å². The molecule has 2 aromatic rings. The van der Waals surface area contributed by atoms with E-state index in [1.54, 1.807) is 0 Å². The Labute approximate surface area is 156 Å². The molecule has 0 spiro atoms. The van der Waals surface area contributed by atoms with E-state index in [0.29, 0.717) is 13.1 Å². The number of rotatable bonds is 3. The van der Waals surface area contributed by atoms with Crippen molar-refractivity contribution < 1.29 is 9.53 Å². The van der Waals surface area contributed by atoms with E-state index >= 15 is 0 Å². The topological polar surface area (TPSA) is 41.6 Å². The highest BCUT2D eigenvalue weighted by molar-refractivity contribution is 5.68. The zero-order chi connectivity index (χ0) is 18.6. The summed E-state index contributed by atoms with van der Waals surface area (Å²) in [6.07, 6.45) is 0.669. The lowest BCUT2D eigenvalue weighted by molar-refractivity contribution is 0.0195. The Morgan fingerprint density at radius 1 is 1.12 bits per heavy atom. The first-order chi connectivity index (χ1) is 12.4. The van der Waals surface area contributed by atoms with Gasteiger partial charge in [0.1, 0.15) is 5.60 Å². The molecule has 1 N–H and O–H groups in total. The molecule has 1 heterocycles. The molecule has 1 fully saturated rings. The van der Waals surface area contributed by atoms with Gasteiger partial charge in [0.2, 0.25) is 0 Å². The fraction of sp³-hybridized carbons (Fsp3) is 0.409. The molecular formula is C22H28N2O2. The van der Waals surface area contributed by atoms with Crippen molar-refractivity contribution in [2.75, 3.05) is 19.6 Å². The Balaban J connectivity index is 1.65. The van der Waals surface area contributed by atoms with Crippen molar-refractivity contribution in [1.82, 2.24) is 10.2 Å². The Kier molecular flexibility index (Phi) is 5.62. The predicted octanol–water partition coefficient (Wildman–Crippen LogP) is 4.11. The van der Waals surface area contributed by atoms with Gasteiger partial charge in [0.05, 0.1) is 0 Å². The van der Waals surface area contributed by atoms with Crippen LogP contribution in [0.4, 0.5) is 4.79 Å². The number of ether oxygens (including phenoxy) is 1. The summed E-state index contributed by atoms with van der Waals surface area (Å²) in [5.41, 5.74) is 3.26. The molecule has 26 heavy (non-hydrogen) atoms. The number of nitrogens with one attached hydrogen (secondary N) is 1. The number of nitrogens with zero attached hydrogens (tertiary/aromatic N) is 1. The van der Waals surface area contributed by atoms with Gasteiger partial charge in [-0.2, -0.15) is 0 Å². The van der Waals surface area contributed by atoms with Gasteiger partial charge in [0.25, 0.3) is 0 Å². The first-order valence-electron chi connectivity index (χ1n) is 9.26. The van der Waals surface area contributed by atoms with Crippen LogP contribution in [0.15, 0.2) is 54.6 Å². The Bertz CT molecular complexity index is 737. The van der Waals surface area contributed by atoms with Gasteiger partial charge in [0, 0.05) is 25.7 Å². The van der Waals surface area contributed by atoms with E-state index < -0.39 is 5.60 Å². The lowest BCUT2D eigenvalue weighted by Gasteiger charge is -2.35. The van der Waals surface area contributed by atoms with E-state index in [-0.39, 0.29) is 12.1 Å². The number of piperazine rings is 1. The maximum Gasteiger partial charge on any atom is 0.410 e. The molecule has 0 bridgehead atoms. The van der Waals surface area contributed by atoms with Crippen LogP contribution in [-0.4, -0.2) is 42.3 Å². The second kappa shape index (κ2) is 7.92. The summed E-state index contributed by atoms with van der Waals surface area (Å²) >= 11 is 0. The average Bonchev–Trinajstić information content (AvgIpc) is 2.61. The highest BCUT2D eigenvalue weighted by Gasteiger charge is 2.27. The third-order valence-electron chi connectivity index (χ3n) is 4.42. The van der Waals surface area contributed by atoms with Crippen molar-refractivity contribution in [2.45, 2.75) is 38.8 Å². The summed E-state index contributed by atoms with van der Waals surface area (Å²) in [5.74, 6) is 0. The molecule has 2 aromatic carbocycles. The zero-order valence-corrected chi connectivity index (χ0v) is 15.9. The van der Waals surface area contributed by atoms with Gasteiger partial charge >= 0.3 is 6.09 Å². The number of hydrogen-bond acceptors (Lipinski definition) is 3. The summed E-state index contributed by atoms with van der Waals surface area (Å²) in [7, 11) is 0. The molecule has 0 saturated carbocycles. The van der Waals surface area contributed by atoms with Gasteiger partial charge in [-0.3, -0.25) is 0 Å². The van der Waals surface area contributed by atoms with Crippen molar-refractivity contribution in [3.8, 4) is 11.1 Å². The van der Waals surface area contributed by atoms with Crippen LogP contribution < -0.4 is 5.32 Å². The van der Waals surface area contributed by atoms with Gasteiger partial charge in [-0.15, -0.1) is 0 Å². The molecule has 1 aliphatic rings. The number of hydrogen-bond donors (Lipinski definition) is 1. The predicted molar refractivity (Wildman–Crippen MR) is 105 cm³/mol. The van der Waals surface area contributed by atoms with Crippen LogP contribution >= 0.6 is 0 Å². The number of amides is 1. The Morgan fingerprint density at radius 3 is 2.58 bits per heavy atom. The summed E-state index contributed by atoms with van der Waals surface area (Å²) in [6.45, 7) is 7.86. The maximum atomic E-state index is 12.3. The highest BCUT2D eigenvalue weighted by atomic mass is 16.6. The fourth-order valence-corrected chi connectivity index (χ4v) is 3.25. The second-order valence-electron chi connectivity index (χ2n) is 7.85. The lowest BCUT2D eigenvalue weighted by Crippen LogP contribution is -2.54. The molecule has 0 aromatic heterocycles. The molecule has 1 amide bonds. The number of carbonyl (C=O) groups excluding carboxylic acids is 1. The van der Waals surface area contributed by atoms with Gasteiger partial charge in [-0.25, -0.2) is 4.79 Å². The first kappa shape index (κ1) is 18.5. The molecule has 138 valence electrons. The van der Waals surface area contributed by atoms with Gasteiger partial charge in [-0.1, -0.05) is 54.6 Å². The lowest BCUT2D eigenvalue weighted by atomic mass is 9.98. The molecule has 1 atom stereocenters. The summed E-state index contributed by atoms with van der Waals surface area (Å²) in [5, 5.41) is 3.53. The van der Waals surface area contributed by atoms with E-state index in [9.17, 15) is 4.79 Å². The normalized spacial score (nSPS) is 17.8. The first-order valence-corrected chi connectivity index (χ1v) is 9.26. The molecule has 4 nitrogen and oxygen atoms in total. The monoisotopic (exact) mass is 352 g/mol. The Hall–Kier alpha value is -2.33.